The molecular weight excluding hydrogens is 244 g/mol. The summed E-state index contributed by atoms with van der Waals surface area (Å²) in [5.41, 5.74) is 0. The summed E-state index contributed by atoms with van der Waals surface area (Å²) >= 11 is 0. The highest BCUT2D eigenvalue weighted by Crippen LogP contribution is 2.20. The topological polar surface area (TPSA) is 67.3 Å². The summed E-state index contributed by atoms with van der Waals surface area (Å²) < 4.78 is 4.93. The molecule has 0 spiro atoms. The molecule has 1 aliphatic rings. The summed E-state index contributed by atoms with van der Waals surface area (Å²) in [6.45, 7) is 2.75. The molecule has 1 aromatic heterocycles. The van der Waals surface area contributed by atoms with E-state index in [2.05, 4.69) is 20.4 Å². The van der Waals surface area contributed by atoms with Crippen molar-refractivity contribution in [3.05, 3.63) is 18.3 Å². The standard InChI is InChI=1S/C13H20N4O2/c1-19-9-7-14-13(18)11-4-3-8-17(10-11)12-5-2-6-15-16-12/h2,5-6,11H,3-4,7-10H2,1H3,(H,14,18)/t11-/m1/s1. The van der Waals surface area contributed by atoms with Gasteiger partial charge in [0.2, 0.25) is 5.91 Å². The van der Waals surface area contributed by atoms with Crippen LogP contribution in [-0.4, -0.2) is 49.5 Å². The second-order valence-corrected chi connectivity index (χ2v) is 4.65. The van der Waals surface area contributed by atoms with E-state index in [0.717, 1.165) is 25.2 Å². The summed E-state index contributed by atoms with van der Waals surface area (Å²) in [6.07, 6.45) is 3.58. The lowest BCUT2D eigenvalue weighted by atomic mass is 9.97. The molecule has 1 amide bonds. The maximum absolute atomic E-state index is 12.0. The molecule has 1 fully saturated rings. The maximum atomic E-state index is 12.0. The Balaban J connectivity index is 1.88. The number of anilines is 1. The zero-order valence-electron chi connectivity index (χ0n) is 11.2. The van der Waals surface area contributed by atoms with Gasteiger partial charge in [-0.15, -0.1) is 5.10 Å². The van der Waals surface area contributed by atoms with E-state index in [1.165, 1.54) is 0 Å². The predicted molar refractivity (Wildman–Crippen MR) is 71.9 cm³/mol. The molecule has 1 aliphatic heterocycles. The van der Waals surface area contributed by atoms with Gasteiger partial charge in [0.05, 0.1) is 12.5 Å². The number of rotatable bonds is 5. The first-order valence-corrected chi connectivity index (χ1v) is 6.60. The molecule has 0 bridgehead atoms. The van der Waals surface area contributed by atoms with Crippen molar-refractivity contribution in [1.29, 1.82) is 0 Å². The van der Waals surface area contributed by atoms with Gasteiger partial charge in [-0.05, 0) is 25.0 Å². The number of ether oxygens (including phenoxy) is 1. The summed E-state index contributed by atoms with van der Waals surface area (Å²) in [4.78, 5) is 14.1. The first-order valence-electron chi connectivity index (χ1n) is 6.60. The van der Waals surface area contributed by atoms with Crippen LogP contribution in [0.5, 0.6) is 0 Å². The fourth-order valence-corrected chi connectivity index (χ4v) is 2.28. The zero-order chi connectivity index (χ0) is 13.5. The van der Waals surface area contributed by atoms with Gasteiger partial charge in [-0.25, -0.2) is 0 Å². The van der Waals surface area contributed by atoms with Gasteiger partial charge >= 0.3 is 0 Å². The molecule has 2 rings (SSSR count). The molecule has 19 heavy (non-hydrogen) atoms. The molecule has 1 atom stereocenters. The van der Waals surface area contributed by atoms with Crippen molar-refractivity contribution in [2.75, 3.05) is 38.3 Å². The lowest BCUT2D eigenvalue weighted by Gasteiger charge is -2.32. The van der Waals surface area contributed by atoms with Crippen LogP contribution in [-0.2, 0) is 9.53 Å². The number of nitrogens with zero attached hydrogens (tertiary/aromatic N) is 3. The fourth-order valence-electron chi connectivity index (χ4n) is 2.28. The third-order valence-electron chi connectivity index (χ3n) is 3.28. The number of carbonyl (C=O) groups excluding carboxylic acids is 1. The van der Waals surface area contributed by atoms with Gasteiger partial charge in [-0.3, -0.25) is 4.79 Å². The van der Waals surface area contributed by atoms with Crippen LogP contribution in [0.25, 0.3) is 0 Å². The smallest absolute Gasteiger partial charge is 0.224 e. The Kier molecular flexibility index (Phi) is 5.09. The zero-order valence-corrected chi connectivity index (χ0v) is 11.2. The predicted octanol–water partition coefficient (Wildman–Crippen LogP) is 0.456. The van der Waals surface area contributed by atoms with Crippen LogP contribution in [0.15, 0.2) is 18.3 Å². The van der Waals surface area contributed by atoms with Crippen molar-refractivity contribution < 1.29 is 9.53 Å². The summed E-state index contributed by atoms with van der Waals surface area (Å²) in [5, 5.41) is 10.9. The molecule has 0 saturated carbocycles. The summed E-state index contributed by atoms with van der Waals surface area (Å²) in [5.74, 6) is 0.968. The van der Waals surface area contributed by atoms with Crippen LogP contribution in [0, 0.1) is 5.92 Å². The third kappa shape index (κ3) is 3.89. The van der Waals surface area contributed by atoms with Crippen LogP contribution < -0.4 is 10.2 Å². The van der Waals surface area contributed by atoms with Crippen LogP contribution in [0.2, 0.25) is 0 Å². The Hall–Kier alpha value is -1.69. The van der Waals surface area contributed by atoms with Gasteiger partial charge in [0.25, 0.3) is 0 Å². The molecule has 0 aliphatic carbocycles. The Morgan fingerprint density at radius 3 is 3.26 bits per heavy atom. The molecule has 1 saturated heterocycles. The summed E-state index contributed by atoms with van der Waals surface area (Å²) in [6, 6.07) is 3.79. The highest BCUT2D eigenvalue weighted by atomic mass is 16.5. The van der Waals surface area contributed by atoms with Crippen molar-refractivity contribution in [1.82, 2.24) is 15.5 Å². The number of piperidine rings is 1. The molecule has 104 valence electrons. The maximum Gasteiger partial charge on any atom is 0.224 e. The minimum atomic E-state index is 0.0209. The normalized spacial score (nSPS) is 19.2. The molecule has 0 aromatic carbocycles. The van der Waals surface area contributed by atoms with E-state index in [1.54, 1.807) is 13.3 Å². The lowest BCUT2D eigenvalue weighted by molar-refractivity contribution is -0.125. The number of methoxy groups -OCH3 is 1. The van der Waals surface area contributed by atoms with Gasteiger partial charge in [-0.1, -0.05) is 0 Å². The van der Waals surface area contributed by atoms with E-state index in [0.29, 0.717) is 19.7 Å². The minimum Gasteiger partial charge on any atom is -0.383 e. The second kappa shape index (κ2) is 7.04. The van der Waals surface area contributed by atoms with E-state index >= 15 is 0 Å². The number of nitrogens with one attached hydrogen (secondary N) is 1. The van der Waals surface area contributed by atoms with Crippen LogP contribution in [0.3, 0.4) is 0 Å². The number of carbonyl (C=O) groups is 1. The van der Waals surface area contributed by atoms with E-state index in [4.69, 9.17) is 4.74 Å². The van der Waals surface area contributed by atoms with Crippen molar-refractivity contribution >= 4 is 11.7 Å². The molecule has 6 heteroatoms. The van der Waals surface area contributed by atoms with Gasteiger partial charge < -0.3 is 15.0 Å². The molecule has 1 aromatic rings. The first-order chi connectivity index (χ1) is 9.31. The molecule has 0 radical (unpaired) electrons. The van der Waals surface area contributed by atoms with Crippen molar-refractivity contribution in [3.63, 3.8) is 0 Å². The number of hydrogen-bond donors (Lipinski definition) is 1. The third-order valence-corrected chi connectivity index (χ3v) is 3.28. The van der Waals surface area contributed by atoms with Crippen molar-refractivity contribution in [2.45, 2.75) is 12.8 Å². The molecule has 2 heterocycles. The van der Waals surface area contributed by atoms with Crippen LogP contribution in [0.4, 0.5) is 5.82 Å². The highest BCUT2D eigenvalue weighted by Gasteiger charge is 2.26. The van der Waals surface area contributed by atoms with E-state index in [9.17, 15) is 4.79 Å². The number of aromatic nitrogens is 2. The lowest BCUT2D eigenvalue weighted by Crippen LogP contribution is -2.44. The average molecular weight is 264 g/mol. The average Bonchev–Trinajstić information content (AvgIpc) is 2.48. The Bertz CT molecular complexity index is 399. The van der Waals surface area contributed by atoms with Crippen LogP contribution in [0.1, 0.15) is 12.8 Å². The van der Waals surface area contributed by atoms with E-state index in [-0.39, 0.29) is 11.8 Å². The summed E-state index contributed by atoms with van der Waals surface area (Å²) in [7, 11) is 1.63. The van der Waals surface area contributed by atoms with Gasteiger partial charge in [0.1, 0.15) is 0 Å². The number of amides is 1. The minimum absolute atomic E-state index is 0.0209. The fraction of sp³-hybridized carbons (Fsp3) is 0.615. The van der Waals surface area contributed by atoms with Crippen LogP contribution >= 0.6 is 0 Å². The molecular formula is C13H20N4O2. The first kappa shape index (κ1) is 13.7. The Morgan fingerprint density at radius 2 is 2.53 bits per heavy atom. The molecule has 0 unspecified atom stereocenters. The highest BCUT2D eigenvalue weighted by molar-refractivity contribution is 5.79. The van der Waals surface area contributed by atoms with E-state index < -0.39 is 0 Å². The monoisotopic (exact) mass is 264 g/mol. The molecule has 6 nitrogen and oxygen atoms in total. The largest absolute Gasteiger partial charge is 0.383 e. The van der Waals surface area contributed by atoms with E-state index in [1.807, 2.05) is 12.1 Å². The SMILES string of the molecule is COCCNC(=O)[C@@H]1CCCN(c2cccnn2)C1. The quantitative estimate of drug-likeness (QED) is 0.782. The van der Waals surface area contributed by atoms with Gasteiger partial charge in [-0.2, -0.15) is 5.10 Å². The Labute approximate surface area is 113 Å². The van der Waals surface area contributed by atoms with Gasteiger partial charge in [0, 0.05) is 32.9 Å². The molecule has 1 N–H and O–H groups in total. The Morgan fingerprint density at radius 1 is 1.63 bits per heavy atom. The number of hydrogen-bond acceptors (Lipinski definition) is 5. The second-order valence-electron chi connectivity index (χ2n) is 4.65. The van der Waals surface area contributed by atoms with Gasteiger partial charge in [0.15, 0.2) is 5.82 Å². The van der Waals surface area contributed by atoms with Crippen molar-refractivity contribution in [3.8, 4) is 0 Å². The van der Waals surface area contributed by atoms with Crippen molar-refractivity contribution in [2.24, 2.45) is 5.92 Å².